The van der Waals surface area contributed by atoms with Gasteiger partial charge in [-0.1, -0.05) is 30.3 Å². The zero-order valence-corrected chi connectivity index (χ0v) is 11.0. The monoisotopic (exact) mass is 259 g/mol. The molecule has 0 radical (unpaired) electrons. The number of ether oxygens (including phenoxy) is 1. The van der Waals surface area contributed by atoms with Gasteiger partial charge in [0.25, 0.3) is 0 Å². The molecule has 0 aliphatic rings. The van der Waals surface area contributed by atoms with E-state index >= 15 is 0 Å². The Morgan fingerprint density at radius 2 is 2.11 bits per heavy atom. The number of benzene rings is 1. The Hall–Kier alpha value is -2.14. The van der Waals surface area contributed by atoms with Gasteiger partial charge in [-0.2, -0.15) is 5.10 Å². The lowest BCUT2D eigenvalue weighted by atomic mass is 10.0. The Balaban J connectivity index is 2.36. The van der Waals surface area contributed by atoms with E-state index in [0.29, 0.717) is 18.0 Å². The number of carbonyl (C=O) groups excluding carboxylic acids is 1. The Morgan fingerprint density at radius 1 is 1.42 bits per heavy atom. The van der Waals surface area contributed by atoms with Gasteiger partial charge in [-0.3, -0.25) is 9.48 Å². The fourth-order valence-corrected chi connectivity index (χ4v) is 1.97. The molecule has 0 fully saturated rings. The van der Waals surface area contributed by atoms with E-state index in [-0.39, 0.29) is 5.78 Å². The molecule has 1 atom stereocenters. The van der Waals surface area contributed by atoms with Crippen molar-refractivity contribution in [2.24, 2.45) is 5.73 Å². The predicted octanol–water partition coefficient (Wildman–Crippen LogP) is 1.79. The van der Waals surface area contributed by atoms with E-state index in [1.807, 2.05) is 37.3 Å². The van der Waals surface area contributed by atoms with Crippen LogP contribution in [0.1, 0.15) is 29.0 Å². The van der Waals surface area contributed by atoms with Crippen molar-refractivity contribution in [1.82, 2.24) is 9.78 Å². The van der Waals surface area contributed by atoms with Gasteiger partial charge in [0.2, 0.25) is 5.78 Å². The van der Waals surface area contributed by atoms with E-state index in [9.17, 15) is 4.79 Å². The quantitative estimate of drug-likeness (QED) is 0.831. The maximum absolute atomic E-state index is 12.5. The van der Waals surface area contributed by atoms with Crippen LogP contribution in [-0.2, 0) is 6.54 Å². The van der Waals surface area contributed by atoms with Crippen molar-refractivity contribution in [1.29, 1.82) is 0 Å². The molecule has 1 aromatic heterocycles. The highest BCUT2D eigenvalue weighted by Crippen LogP contribution is 2.23. The highest BCUT2D eigenvalue weighted by atomic mass is 16.5. The maximum atomic E-state index is 12.5. The first-order valence-corrected chi connectivity index (χ1v) is 6.13. The fourth-order valence-electron chi connectivity index (χ4n) is 1.97. The molecule has 0 saturated carbocycles. The van der Waals surface area contributed by atoms with Gasteiger partial charge in [0, 0.05) is 6.54 Å². The molecular formula is C14H17N3O2. The van der Waals surface area contributed by atoms with E-state index in [1.165, 1.54) is 13.3 Å². The van der Waals surface area contributed by atoms with Crippen molar-refractivity contribution in [2.75, 3.05) is 7.11 Å². The third-order valence-corrected chi connectivity index (χ3v) is 3.00. The van der Waals surface area contributed by atoms with Crippen molar-refractivity contribution < 1.29 is 9.53 Å². The summed E-state index contributed by atoms with van der Waals surface area (Å²) in [5.41, 5.74) is 7.22. The van der Waals surface area contributed by atoms with Crippen LogP contribution in [0.5, 0.6) is 5.75 Å². The minimum absolute atomic E-state index is 0.192. The van der Waals surface area contributed by atoms with Gasteiger partial charge in [0.1, 0.15) is 5.69 Å². The summed E-state index contributed by atoms with van der Waals surface area (Å²) in [6, 6.07) is 8.56. The van der Waals surface area contributed by atoms with Crippen LogP contribution in [0.3, 0.4) is 0 Å². The van der Waals surface area contributed by atoms with Crippen LogP contribution in [0.4, 0.5) is 0 Å². The summed E-state index contributed by atoms with van der Waals surface area (Å²) in [6.07, 6.45) is 1.54. The van der Waals surface area contributed by atoms with Crippen LogP contribution in [0.15, 0.2) is 36.5 Å². The van der Waals surface area contributed by atoms with E-state index in [4.69, 9.17) is 10.5 Å². The van der Waals surface area contributed by atoms with Gasteiger partial charge in [0.05, 0.1) is 19.3 Å². The van der Waals surface area contributed by atoms with Crippen LogP contribution in [0, 0.1) is 0 Å². The average molecular weight is 259 g/mol. The molecule has 0 aliphatic heterocycles. The molecule has 0 bridgehead atoms. The number of Topliss-reactive ketones (excluding diaryl/α,β-unsaturated/α-hetero) is 1. The maximum Gasteiger partial charge on any atom is 0.205 e. The molecule has 0 saturated heterocycles. The molecule has 0 spiro atoms. The number of rotatable bonds is 5. The molecule has 1 unspecified atom stereocenters. The Labute approximate surface area is 112 Å². The Bertz CT molecular complexity index is 542. The molecule has 0 aliphatic carbocycles. The summed E-state index contributed by atoms with van der Waals surface area (Å²) in [5.74, 6) is 0.264. The van der Waals surface area contributed by atoms with E-state index in [1.54, 1.807) is 4.68 Å². The van der Waals surface area contributed by atoms with Gasteiger partial charge < -0.3 is 10.5 Å². The first-order valence-electron chi connectivity index (χ1n) is 6.13. The summed E-state index contributed by atoms with van der Waals surface area (Å²) >= 11 is 0. The molecular weight excluding hydrogens is 242 g/mol. The largest absolute Gasteiger partial charge is 0.493 e. The third-order valence-electron chi connectivity index (χ3n) is 3.00. The minimum Gasteiger partial charge on any atom is -0.493 e. The molecule has 2 aromatic rings. The van der Waals surface area contributed by atoms with E-state index in [2.05, 4.69) is 5.10 Å². The molecule has 1 aromatic carbocycles. The highest BCUT2D eigenvalue weighted by molar-refractivity contribution is 6.01. The number of nitrogens with two attached hydrogens (primary N) is 1. The summed E-state index contributed by atoms with van der Waals surface area (Å²) in [7, 11) is 1.52. The molecule has 19 heavy (non-hydrogen) atoms. The van der Waals surface area contributed by atoms with Crippen LogP contribution in [0.25, 0.3) is 0 Å². The number of nitrogens with zero attached hydrogens (tertiary/aromatic N) is 2. The smallest absolute Gasteiger partial charge is 0.205 e. The zero-order chi connectivity index (χ0) is 13.8. The topological polar surface area (TPSA) is 70.1 Å². The molecule has 2 N–H and O–H groups in total. The van der Waals surface area contributed by atoms with E-state index in [0.717, 1.165) is 5.56 Å². The number of hydrogen-bond donors (Lipinski definition) is 1. The molecule has 1 heterocycles. The summed E-state index contributed by atoms with van der Waals surface area (Å²) in [5, 5.41) is 4.12. The first-order chi connectivity index (χ1) is 9.19. The normalized spacial score (nSPS) is 12.2. The number of carbonyl (C=O) groups is 1. The number of methoxy groups -OCH3 is 1. The molecule has 0 amide bonds. The van der Waals surface area contributed by atoms with Crippen LogP contribution in [0.2, 0.25) is 0 Å². The number of ketones is 1. The summed E-state index contributed by atoms with van der Waals surface area (Å²) in [4.78, 5) is 12.5. The number of hydrogen-bond acceptors (Lipinski definition) is 4. The first kappa shape index (κ1) is 13.3. The Kier molecular flexibility index (Phi) is 3.97. The number of aryl methyl sites for hydroxylation is 1. The molecule has 100 valence electrons. The average Bonchev–Trinajstić information content (AvgIpc) is 2.89. The van der Waals surface area contributed by atoms with Gasteiger partial charge >= 0.3 is 0 Å². The van der Waals surface area contributed by atoms with E-state index < -0.39 is 6.04 Å². The second kappa shape index (κ2) is 5.67. The molecule has 5 nitrogen and oxygen atoms in total. The highest BCUT2D eigenvalue weighted by Gasteiger charge is 2.25. The molecule has 2 rings (SSSR count). The van der Waals surface area contributed by atoms with Crippen molar-refractivity contribution in [3.05, 3.63) is 47.8 Å². The summed E-state index contributed by atoms with van der Waals surface area (Å²) < 4.78 is 6.78. The SMILES string of the molecule is CCn1ncc(OC)c1C(=O)C(N)c1ccccc1. The number of aromatic nitrogens is 2. The van der Waals surface area contributed by atoms with Gasteiger partial charge in [0.15, 0.2) is 5.75 Å². The molecule has 5 heteroatoms. The van der Waals surface area contributed by atoms with Crippen molar-refractivity contribution in [3.8, 4) is 5.75 Å². The second-order valence-corrected chi connectivity index (χ2v) is 4.13. The standard InChI is InChI=1S/C14H17N3O2/c1-3-17-13(11(19-2)9-16-17)14(18)12(15)10-7-5-4-6-8-10/h4-9,12H,3,15H2,1-2H3. The van der Waals surface area contributed by atoms with Crippen molar-refractivity contribution in [3.63, 3.8) is 0 Å². The van der Waals surface area contributed by atoms with Crippen molar-refractivity contribution >= 4 is 5.78 Å². The van der Waals surface area contributed by atoms with Crippen LogP contribution in [-0.4, -0.2) is 22.7 Å². The van der Waals surface area contributed by atoms with Gasteiger partial charge in [-0.15, -0.1) is 0 Å². The zero-order valence-electron chi connectivity index (χ0n) is 11.0. The second-order valence-electron chi connectivity index (χ2n) is 4.13. The Morgan fingerprint density at radius 3 is 2.68 bits per heavy atom. The summed E-state index contributed by atoms with van der Waals surface area (Å²) in [6.45, 7) is 2.50. The lowest BCUT2D eigenvalue weighted by molar-refractivity contribution is 0.0947. The van der Waals surface area contributed by atoms with Crippen LogP contribution < -0.4 is 10.5 Å². The lowest BCUT2D eigenvalue weighted by Gasteiger charge is -2.13. The minimum atomic E-state index is -0.711. The fraction of sp³-hybridized carbons (Fsp3) is 0.286. The van der Waals surface area contributed by atoms with Gasteiger partial charge in [-0.25, -0.2) is 0 Å². The van der Waals surface area contributed by atoms with Crippen LogP contribution >= 0.6 is 0 Å². The lowest BCUT2D eigenvalue weighted by Crippen LogP contribution is -2.24. The predicted molar refractivity (Wildman–Crippen MR) is 72.2 cm³/mol. The van der Waals surface area contributed by atoms with Crippen molar-refractivity contribution in [2.45, 2.75) is 19.5 Å². The third kappa shape index (κ3) is 2.51. The van der Waals surface area contributed by atoms with Gasteiger partial charge in [-0.05, 0) is 12.5 Å².